The lowest BCUT2D eigenvalue weighted by atomic mass is 9.89. The van der Waals surface area contributed by atoms with E-state index in [4.69, 9.17) is 28.6 Å². The highest BCUT2D eigenvalue weighted by atomic mass is 35.5. The number of nitrogens with zero attached hydrogens (tertiary/aromatic N) is 9. The third-order valence-corrected chi connectivity index (χ3v) is 12.3. The summed E-state index contributed by atoms with van der Waals surface area (Å²) in [5.74, 6) is -0.162. The number of urea groups is 1. The van der Waals surface area contributed by atoms with Gasteiger partial charge >= 0.3 is 6.03 Å². The number of anilines is 3. The molecule has 16 nitrogen and oxygen atoms in total. The molecule has 0 bridgehead atoms. The van der Waals surface area contributed by atoms with Gasteiger partial charge < -0.3 is 15.0 Å². The number of halogens is 1. The molecule has 302 valence electrons. The van der Waals surface area contributed by atoms with E-state index in [1.165, 1.54) is 16.0 Å². The molecule has 18 heteroatoms. The molecular weight excluding hydrogens is 770 g/mol. The average Bonchev–Trinajstić information content (AvgIpc) is 3.58. The highest BCUT2D eigenvalue weighted by Gasteiger charge is 2.52. The predicted octanol–water partition coefficient (Wildman–Crippen LogP) is 4.01. The second kappa shape index (κ2) is 16.3. The zero-order chi connectivity index (χ0) is 40.8. The maximum absolute atomic E-state index is 13.6. The number of imide groups is 1. The number of carbonyl (C=O) groups is 4. The number of carbonyl (C=O) groups excluding carboxylic acids is 4. The SMILES string of the molecule is C[C@@H]1CN(CCO[C@H]2CC[C@H](N3C(=S)N(c4cnc(C#N)c(Cl)c4)C(=O)C3(C)C)CC2)C[C@H](C)N1CC(=O)Nc1cccc2c(N3CCC(=O)NC3=O)nn(C)c12. The van der Waals surface area contributed by atoms with E-state index >= 15 is 0 Å². The number of piperazine rings is 1. The number of nitriles is 1. The maximum atomic E-state index is 13.6. The van der Waals surface area contributed by atoms with Crippen molar-refractivity contribution in [1.82, 2.24) is 34.8 Å². The van der Waals surface area contributed by atoms with Gasteiger partial charge in [-0.15, -0.1) is 0 Å². The van der Waals surface area contributed by atoms with Crippen LogP contribution < -0.4 is 20.4 Å². The molecule has 5 heterocycles. The molecule has 5 amide bonds. The van der Waals surface area contributed by atoms with Gasteiger partial charge in [0.25, 0.3) is 5.91 Å². The van der Waals surface area contributed by atoms with E-state index in [1.54, 1.807) is 17.8 Å². The van der Waals surface area contributed by atoms with Crippen molar-refractivity contribution in [2.75, 3.05) is 54.4 Å². The van der Waals surface area contributed by atoms with Crippen molar-refractivity contribution in [2.45, 2.75) is 89.6 Å². The highest BCUT2D eigenvalue weighted by molar-refractivity contribution is 7.80. The largest absolute Gasteiger partial charge is 0.377 e. The number of hydrogen-bond donors (Lipinski definition) is 2. The Hall–Kier alpha value is -4.73. The van der Waals surface area contributed by atoms with Gasteiger partial charge in [0.1, 0.15) is 11.6 Å². The van der Waals surface area contributed by atoms with E-state index in [1.807, 2.05) is 43.0 Å². The van der Waals surface area contributed by atoms with E-state index < -0.39 is 11.6 Å². The lowest BCUT2D eigenvalue weighted by Crippen LogP contribution is -2.58. The zero-order valence-corrected chi connectivity index (χ0v) is 34.4. The first-order chi connectivity index (χ1) is 27.2. The topological polar surface area (TPSA) is 172 Å². The quantitative estimate of drug-likeness (QED) is 0.282. The fraction of sp³-hybridized carbons (Fsp3) is 0.538. The molecule has 1 aliphatic carbocycles. The van der Waals surface area contributed by atoms with Crippen LogP contribution in [0.5, 0.6) is 0 Å². The number of pyridine rings is 1. The van der Waals surface area contributed by atoms with Crippen molar-refractivity contribution in [2.24, 2.45) is 7.05 Å². The summed E-state index contributed by atoms with van der Waals surface area (Å²) in [6.07, 6.45) is 5.16. The highest BCUT2D eigenvalue weighted by Crippen LogP contribution is 2.39. The number of para-hydroxylation sites is 1. The average molecular weight is 818 g/mol. The monoisotopic (exact) mass is 817 g/mol. The van der Waals surface area contributed by atoms with Gasteiger partial charge in [-0.3, -0.25) is 44.0 Å². The molecule has 2 aromatic heterocycles. The smallest absolute Gasteiger partial charge is 0.329 e. The lowest BCUT2D eigenvalue weighted by molar-refractivity contribution is -0.124. The molecule has 2 atom stereocenters. The van der Waals surface area contributed by atoms with Crippen LogP contribution in [0.3, 0.4) is 0 Å². The minimum Gasteiger partial charge on any atom is -0.377 e. The fourth-order valence-corrected chi connectivity index (χ4v) is 9.57. The summed E-state index contributed by atoms with van der Waals surface area (Å²) >= 11 is 12.1. The second-order valence-electron chi connectivity index (χ2n) is 15.9. The minimum absolute atomic E-state index is 0.0838. The zero-order valence-electron chi connectivity index (χ0n) is 32.8. The van der Waals surface area contributed by atoms with Gasteiger partial charge in [0, 0.05) is 63.2 Å². The normalized spacial score (nSPS) is 24.6. The molecule has 3 saturated heterocycles. The molecular formula is C39H48ClN11O5S. The van der Waals surface area contributed by atoms with Crippen LogP contribution in [0.2, 0.25) is 5.02 Å². The Morgan fingerprint density at radius 1 is 1.14 bits per heavy atom. The van der Waals surface area contributed by atoms with E-state index in [2.05, 4.69) is 44.4 Å². The van der Waals surface area contributed by atoms with Gasteiger partial charge in [0.05, 0.1) is 47.4 Å². The number of amides is 5. The molecule has 1 aromatic carbocycles. The first-order valence-electron chi connectivity index (χ1n) is 19.4. The summed E-state index contributed by atoms with van der Waals surface area (Å²) in [4.78, 5) is 65.0. The number of fused-ring (bicyclic) bond motifs is 1. The Morgan fingerprint density at radius 2 is 1.86 bits per heavy atom. The molecule has 1 saturated carbocycles. The molecule has 0 radical (unpaired) electrons. The summed E-state index contributed by atoms with van der Waals surface area (Å²) in [6.45, 7) is 11.5. The number of thiocarbonyl (C=S) groups is 1. The fourth-order valence-electron chi connectivity index (χ4n) is 8.80. The Labute approximate surface area is 342 Å². The van der Waals surface area contributed by atoms with Gasteiger partial charge in [0.2, 0.25) is 11.8 Å². The van der Waals surface area contributed by atoms with Crippen LogP contribution in [0.4, 0.5) is 22.0 Å². The van der Waals surface area contributed by atoms with E-state index in [9.17, 15) is 24.4 Å². The molecule has 3 aromatic rings. The third kappa shape index (κ3) is 7.93. The Kier molecular flexibility index (Phi) is 11.5. The van der Waals surface area contributed by atoms with Crippen molar-refractivity contribution in [3.05, 3.63) is 41.2 Å². The van der Waals surface area contributed by atoms with Crippen LogP contribution in [0.1, 0.15) is 65.5 Å². The Bertz CT molecular complexity index is 2140. The van der Waals surface area contributed by atoms with Crippen LogP contribution in [-0.2, 0) is 26.2 Å². The number of benzene rings is 1. The van der Waals surface area contributed by atoms with Crippen molar-refractivity contribution < 1.29 is 23.9 Å². The van der Waals surface area contributed by atoms with Crippen LogP contribution >= 0.6 is 23.8 Å². The van der Waals surface area contributed by atoms with Crippen molar-refractivity contribution in [3.63, 3.8) is 0 Å². The molecule has 4 aliphatic rings. The standard InChI is InChI=1S/C39H48ClN11O5S/c1-23-20-47(15-16-56-27-11-9-25(10-12-27)51-38(57)50(36(54)39(51,3)4)26-17-29(40)31(18-41)42-19-26)21-24(2)49(23)22-33(53)43-30-8-6-7-28-34(30)46(5)45-35(28)48-14-13-32(52)44-37(48)55/h6-8,17,19,23-25,27H,9-16,20-22H2,1-5H3,(H,43,53)(H,44,52,55)/t23-,24+,25-,27-. The predicted molar refractivity (Wildman–Crippen MR) is 219 cm³/mol. The minimum atomic E-state index is -0.846. The first-order valence-corrected chi connectivity index (χ1v) is 20.2. The molecule has 7 rings (SSSR count). The van der Waals surface area contributed by atoms with Gasteiger partial charge in [-0.1, -0.05) is 17.7 Å². The summed E-state index contributed by atoms with van der Waals surface area (Å²) in [5, 5.41) is 20.5. The van der Waals surface area contributed by atoms with Gasteiger partial charge in [-0.05, 0) is 83.8 Å². The summed E-state index contributed by atoms with van der Waals surface area (Å²) in [6, 6.07) is 8.86. The van der Waals surface area contributed by atoms with Crippen molar-refractivity contribution in [3.8, 4) is 6.07 Å². The molecule has 2 N–H and O–H groups in total. The van der Waals surface area contributed by atoms with Gasteiger partial charge in [0.15, 0.2) is 16.6 Å². The van der Waals surface area contributed by atoms with Crippen LogP contribution in [0, 0.1) is 11.3 Å². The summed E-state index contributed by atoms with van der Waals surface area (Å²) < 4.78 is 8.05. The third-order valence-electron chi connectivity index (χ3n) is 11.6. The van der Waals surface area contributed by atoms with E-state index in [-0.39, 0.29) is 72.2 Å². The van der Waals surface area contributed by atoms with Gasteiger partial charge in [-0.25, -0.2) is 9.78 Å². The Balaban J connectivity index is 0.876. The van der Waals surface area contributed by atoms with E-state index in [0.717, 1.165) is 45.3 Å². The maximum Gasteiger partial charge on any atom is 0.329 e. The summed E-state index contributed by atoms with van der Waals surface area (Å²) in [5.41, 5.74) is 1.00. The number of aryl methyl sites for hydroxylation is 1. The van der Waals surface area contributed by atoms with Crippen LogP contribution in [0.25, 0.3) is 10.9 Å². The van der Waals surface area contributed by atoms with Crippen LogP contribution in [0.15, 0.2) is 30.5 Å². The van der Waals surface area contributed by atoms with Gasteiger partial charge in [-0.2, -0.15) is 10.4 Å². The number of nitrogens with one attached hydrogen (secondary N) is 2. The number of rotatable bonds is 10. The number of ether oxygens (including phenoxy) is 1. The lowest BCUT2D eigenvalue weighted by Gasteiger charge is -2.44. The molecule has 0 spiro atoms. The molecule has 4 fully saturated rings. The van der Waals surface area contributed by atoms with E-state index in [0.29, 0.717) is 39.8 Å². The molecule has 0 unspecified atom stereocenters. The number of aromatic nitrogens is 3. The first kappa shape index (κ1) is 40.5. The summed E-state index contributed by atoms with van der Waals surface area (Å²) in [7, 11) is 1.77. The molecule has 3 aliphatic heterocycles. The van der Waals surface area contributed by atoms with Crippen molar-refractivity contribution in [1.29, 1.82) is 5.26 Å². The molecule has 57 heavy (non-hydrogen) atoms. The Morgan fingerprint density at radius 3 is 2.53 bits per heavy atom. The second-order valence-corrected chi connectivity index (χ2v) is 16.6. The van der Waals surface area contributed by atoms with Crippen molar-refractivity contribution >= 4 is 80.8 Å². The van der Waals surface area contributed by atoms with Crippen LogP contribution in [-0.4, -0.2) is 127 Å². The number of hydrogen-bond acceptors (Lipinski definition) is 11.